The molecule has 4 rings (SSSR count). The van der Waals surface area contributed by atoms with Crippen LogP contribution in [0.3, 0.4) is 0 Å². The van der Waals surface area contributed by atoms with E-state index >= 15 is 0 Å². The van der Waals surface area contributed by atoms with E-state index in [0.29, 0.717) is 12.1 Å². The molecule has 6 nitrogen and oxygen atoms in total. The molecule has 1 atom stereocenters. The fraction of sp³-hybridized carbons (Fsp3) is 0.619. The summed E-state index contributed by atoms with van der Waals surface area (Å²) in [5.74, 6) is -0.0106. The van der Waals surface area contributed by atoms with E-state index in [0.717, 1.165) is 56.8 Å². The highest BCUT2D eigenvalue weighted by atomic mass is 16.2. The number of carbonyl (C=O) groups is 2. The second kappa shape index (κ2) is 8.30. The Morgan fingerprint density at radius 1 is 1.07 bits per heavy atom. The fourth-order valence-corrected chi connectivity index (χ4v) is 4.53. The Kier molecular flexibility index (Phi) is 5.62. The van der Waals surface area contributed by atoms with Gasteiger partial charge in [0.05, 0.1) is 11.4 Å². The van der Waals surface area contributed by atoms with E-state index in [1.807, 2.05) is 18.2 Å². The van der Waals surface area contributed by atoms with Crippen molar-refractivity contribution in [2.75, 3.05) is 42.9 Å². The zero-order valence-corrected chi connectivity index (χ0v) is 16.0. The quantitative estimate of drug-likeness (QED) is 0.855. The average molecular weight is 370 g/mol. The van der Waals surface area contributed by atoms with Crippen LogP contribution in [0.4, 0.5) is 11.4 Å². The Hall–Kier alpha value is -2.08. The molecule has 1 unspecified atom stereocenters. The monoisotopic (exact) mass is 370 g/mol. The highest BCUT2D eigenvalue weighted by Gasteiger charge is 2.34. The highest BCUT2D eigenvalue weighted by Crippen LogP contribution is 2.36. The van der Waals surface area contributed by atoms with Gasteiger partial charge < -0.3 is 20.4 Å². The lowest BCUT2D eigenvalue weighted by Crippen LogP contribution is -2.50. The van der Waals surface area contributed by atoms with E-state index in [1.54, 1.807) is 0 Å². The summed E-state index contributed by atoms with van der Waals surface area (Å²) < 4.78 is 0. The number of nitrogens with zero attached hydrogens (tertiary/aromatic N) is 2. The van der Waals surface area contributed by atoms with E-state index in [1.165, 1.54) is 25.7 Å². The minimum atomic E-state index is -0.0670. The van der Waals surface area contributed by atoms with Gasteiger partial charge in [0.1, 0.15) is 6.04 Å². The number of rotatable bonds is 4. The zero-order valence-electron chi connectivity index (χ0n) is 16.0. The summed E-state index contributed by atoms with van der Waals surface area (Å²) >= 11 is 0. The largest absolute Gasteiger partial charge is 0.358 e. The van der Waals surface area contributed by atoms with E-state index in [4.69, 9.17) is 0 Å². The SMILES string of the molecule is O=C(NCCN1CCCCCC1)c1ccc2c(c1)NC(=O)C1CCCCN21. The van der Waals surface area contributed by atoms with Gasteiger partial charge >= 0.3 is 0 Å². The average Bonchev–Trinajstić information content (AvgIpc) is 2.96. The number of carbonyl (C=O) groups excluding carboxylic acids is 2. The Morgan fingerprint density at radius 2 is 1.85 bits per heavy atom. The third-order valence-electron chi connectivity index (χ3n) is 6.04. The van der Waals surface area contributed by atoms with Crippen LogP contribution in [-0.2, 0) is 4.79 Å². The lowest BCUT2D eigenvalue weighted by molar-refractivity contribution is -0.118. The number of hydrogen-bond donors (Lipinski definition) is 2. The molecule has 0 radical (unpaired) electrons. The molecular weight excluding hydrogens is 340 g/mol. The Balaban J connectivity index is 1.37. The molecule has 0 aliphatic carbocycles. The van der Waals surface area contributed by atoms with Gasteiger partial charge in [0.2, 0.25) is 5.91 Å². The standard InChI is InChI=1S/C21H30N4O2/c26-20(22-10-14-24-11-4-1-2-5-12-24)16-8-9-18-17(15-16)23-21(27)19-7-3-6-13-25(18)19/h8-9,15,19H,1-7,10-14H2,(H,22,26)(H,23,27). The van der Waals surface area contributed by atoms with Crippen LogP contribution in [0.1, 0.15) is 55.3 Å². The molecule has 3 aliphatic rings. The van der Waals surface area contributed by atoms with Crippen LogP contribution in [0, 0.1) is 0 Å². The van der Waals surface area contributed by atoms with Gasteiger partial charge in [-0.25, -0.2) is 0 Å². The first-order valence-electron chi connectivity index (χ1n) is 10.4. The number of anilines is 2. The first kappa shape index (κ1) is 18.3. The molecule has 0 spiro atoms. The predicted molar refractivity (Wildman–Crippen MR) is 107 cm³/mol. The summed E-state index contributed by atoms with van der Waals surface area (Å²) in [6.45, 7) is 4.75. The number of benzene rings is 1. The molecule has 2 amide bonds. The van der Waals surface area contributed by atoms with Crippen molar-refractivity contribution in [1.82, 2.24) is 10.2 Å². The predicted octanol–water partition coefficient (Wildman–Crippen LogP) is 2.60. The van der Waals surface area contributed by atoms with Crippen LogP contribution in [0.25, 0.3) is 0 Å². The Labute approximate surface area is 161 Å². The highest BCUT2D eigenvalue weighted by molar-refractivity contribution is 6.05. The minimum Gasteiger partial charge on any atom is -0.358 e. The molecule has 1 aromatic rings. The van der Waals surface area contributed by atoms with Crippen LogP contribution in [0.5, 0.6) is 0 Å². The van der Waals surface area contributed by atoms with Crippen LogP contribution in [-0.4, -0.2) is 55.5 Å². The molecule has 3 aliphatic heterocycles. The molecule has 0 aromatic heterocycles. The van der Waals surface area contributed by atoms with Crippen LogP contribution in [0.15, 0.2) is 18.2 Å². The van der Waals surface area contributed by atoms with Gasteiger partial charge in [-0.15, -0.1) is 0 Å². The number of piperidine rings is 1. The minimum absolute atomic E-state index is 0.0560. The summed E-state index contributed by atoms with van der Waals surface area (Å²) in [4.78, 5) is 29.6. The van der Waals surface area contributed by atoms with Gasteiger partial charge in [0.15, 0.2) is 0 Å². The first-order valence-corrected chi connectivity index (χ1v) is 10.4. The van der Waals surface area contributed by atoms with E-state index in [-0.39, 0.29) is 17.9 Å². The Morgan fingerprint density at radius 3 is 2.67 bits per heavy atom. The summed E-state index contributed by atoms with van der Waals surface area (Å²) in [6.07, 6.45) is 8.28. The molecule has 146 valence electrons. The van der Waals surface area contributed by atoms with Crippen molar-refractivity contribution in [1.29, 1.82) is 0 Å². The molecule has 2 saturated heterocycles. The van der Waals surface area contributed by atoms with Gasteiger partial charge in [-0.1, -0.05) is 12.8 Å². The molecule has 1 aromatic carbocycles. The maximum Gasteiger partial charge on any atom is 0.251 e. The molecule has 2 fully saturated rings. The maximum atomic E-state index is 12.5. The summed E-state index contributed by atoms with van der Waals surface area (Å²) in [5.41, 5.74) is 2.42. The molecular formula is C21H30N4O2. The number of nitrogens with one attached hydrogen (secondary N) is 2. The Bertz CT molecular complexity index is 697. The smallest absolute Gasteiger partial charge is 0.251 e. The van der Waals surface area contributed by atoms with Crippen molar-refractivity contribution in [2.24, 2.45) is 0 Å². The van der Waals surface area contributed by atoms with E-state index in [2.05, 4.69) is 20.4 Å². The van der Waals surface area contributed by atoms with Gasteiger partial charge in [-0.05, 0) is 63.4 Å². The van der Waals surface area contributed by atoms with Crippen LogP contribution in [0.2, 0.25) is 0 Å². The maximum absolute atomic E-state index is 12.5. The number of hydrogen-bond acceptors (Lipinski definition) is 4. The third-order valence-corrected chi connectivity index (χ3v) is 6.04. The van der Waals surface area contributed by atoms with Crippen molar-refractivity contribution < 1.29 is 9.59 Å². The van der Waals surface area contributed by atoms with Gasteiger partial charge in [0.25, 0.3) is 5.91 Å². The van der Waals surface area contributed by atoms with Gasteiger partial charge in [-0.3, -0.25) is 9.59 Å². The van der Waals surface area contributed by atoms with Crippen molar-refractivity contribution >= 4 is 23.2 Å². The lowest BCUT2D eigenvalue weighted by Gasteiger charge is -2.41. The molecule has 0 bridgehead atoms. The summed E-state index contributed by atoms with van der Waals surface area (Å²) in [5, 5.41) is 6.03. The van der Waals surface area contributed by atoms with Crippen LogP contribution < -0.4 is 15.5 Å². The fourth-order valence-electron chi connectivity index (χ4n) is 4.53. The second-order valence-corrected chi connectivity index (χ2v) is 7.94. The normalized spacial score (nSPS) is 23.0. The summed E-state index contributed by atoms with van der Waals surface area (Å²) in [7, 11) is 0. The number of likely N-dealkylation sites (tertiary alicyclic amines) is 1. The lowest BCUT2D eigenvalue weighted by atomic mass is 9.97. The molecule has 2 N–H and O–H groups in total. The van der Waals surface area contributed by atoms with Crippen molar-refractivity contribution in [2.45, 2.75) is 51.0 Å². The number of amides is 2. The first-order chi connectivity index (χ1) is 13.2. The third kappa shape index (κ3) is 4.10. The topological polar surface area (TPSA) is 64.7 Å². The van der Waals surface area contributed by atoms with Crippen molar-refractivity contribution in [3.05, 3.63) is 23.8 Å². The molecule has 27 heavy (non-hydrogen) atoms. The molecule has 3 heterocycles. The molecule has 6 heteroatoms. The molecule has 0 saturated carbocycles. The zero-order chi connectivity index (χ0) is 18.6. The number of fused-ring (bicyclic) bond motifs is 3. The summed E-state index contributed by atoms with van der Waals surface area (Å²) in [6, 6.07) is 5.62. The van der Waals surface area contributed by atoms with Crippen LogP contribution >= 0.6 is 0 Å². The van der Waals surface area contributed by atoms with Crippen molar-refractivity contribution in [3.8, 4) is 0 Å². The second-order valence-electron chi connectivity index (χ2n) is 7.94. The van der Waals surface area contributed by atoms with E-state index < -0.39 is 0 Å². The van der Waals surface area contributed by atoms with Gasteiger partial charge in [0, 0.05) is 25.2 Å². The van der Waals surface area contributed by atoms with Gasteiger partial charge in [-0.2, -0.15) is 0 Å². The van der Waals surface area contributed by atoms with Crippen molar-refractivity contribution in [3.63, 3.8) is 0 Å². The van der Waals surface area contributed by atoms with E-state index in [9.17, 15) is 9.59 Å².